The Bertz CT molecular complexity index is 507. The minimum atomic E-state index is 0.0399. The van der Waals surface area contributed by atoms with Crippen LogP contribution in [0.2, 0.25) is 0 Å². The highest BCUT2D eigenvalue weighted by atomic mass is 32.2. The predicted octanol–water partition coefficient (Wildman–Crippen LogP) is 1.24. The molecule has 7 heteroatoms. The quantitative estimate of drug-likeness (QED) is 0.719. The molecule has 0 atom stereocenters. The number of hydrogen-bond acceptors (Lipinski definition) is 6. The standard InChI is InChI=1S/C16H24N2O4S/c1-20-14-4-3-13(11-15(14)21-2)23-12-16(19)17-5-6-18-7-9-22-10-8-18/h3-4,11H,5-10,12H2,1-2H3,(H,17,19). The second-order valence-corrected chi connectivity index (χ2v) is 6.16. The van der Waals surface area contributed by atoms with Gasteiger partial charge in [0.1, 0.15) is 0 Å². The van der Waals surface area contributed by atoms with Crippen molar-refractivity contribution < 1.29 is 19.0 Å². The molecular formula is C16H24N2O4S. The van der Waals surface area contributed by atoms with Gasteiger partial charge >= 0.3 is 0 Å². The Morgan fingerprint density at radius 1 is 1.26 bits per heavy atom. The maximum atomic E-state index is 11.9. The van der Waals surface area contributed by atoms with Crippen LogP contribution in [0.3, 0.4) is 0 Å². The predicted molar refractivity (Wildman–Crippen MR) is 90.5 cm³/mol. The van der Waals surface area contributed by atoms with Gasteiger partial charge in [0.25, 0.3) is 0 Å². The van der Waals surface area contributed by atoms with Crippen LogP contribution in [-0.4, -0.2) is 70.2 Å². The number of benzene rings is 1. The zero-order valence-electron chi connectivity index (χ0n) is 13.7. The summed E-state index contributed by atoms with van der Waals surface area (Å²) in [6.07, 6.45) is 0. The molecule has 0 radical (unpaired) electrons. The molecule has 1 heterocycles. The van der Waals surface area contributed by atoms with Gasteiger partial charge in [0.05, 0.1) is 33.2 Å². The average Bonchev–Trinajstić information content (AvgIpc) is 2.60. The Kier molecular flexibility index (Phi) is 7.51. The molecule has 1 aliphatic heterocycles. The van der Waals surface area contributed by atoms with Gasteiger partial charge in [-0.05, 0) is 18.2 Å². The zero-order valence-corrected chi connectivity index (χ0v) is 14.5. The van der Waals surface area contributed by atoms with Crippen molar-refractivity contribution in [1.29, 1.82) is 0 Å². The Morgan fingerprint density at radius 2 is 2.00 bits per heavy atom. The summed E-state index contributed by atoms with van der Waals surface area (Å²) < 4.78 is 15.8. The van der Waals surface area contributed by atoms with E-state index in [0.29, 0.717) is 23.8 Å². The van der Waals surface area contributed by atoms with Crippen molar-refractivity contribution in [2.24, 2.45) is 0 Å². The molecule has 1 aliphatic rings. The fourth-order valence-corrected chi connectivity index (χ4v) is 3.04. The van der Waals surface area contributed by atoms with E-state index < -0.39 is 0 Å². The summed E-state index contributed by atoms with van der Waals surface area (Å²) in [6.45, 7) is 4.99. The Morgan fingerprint density at radius 3 is 2.70 bits per heavy atom. The molecule has 0 saturated carbocycles. The van der Waals surface area contributed by atoms with Crippen molar-refractivity contribution in [2.75, 3.05) is 59.4 Å². The van der Waals surface area contributed by atoms with Crippen molar-refractivity contribution in [3.8, 4) is 11.5 Å². The first-order chi connectivity index (χ1) is 11.2. The summed E-state index contributed by atoms with van der Waals surface area (Å²) in [5, 5.41) is 2.95. The molecule has 1 amide bonds. The van der Waals surface area contributed by atoms with Crippen LogP contribution in [-0.2, 0) is 9.53 Å². The van der Waals surface area contributed by atoms with E-state index >= 15 is 0 Å². The maximum absolute atomic E-state index is 11.9. The number of nitrogens with zero attached hydrogens (tertiary/aromatic N) is 1. The van der Waals surface area contributed by atoms with Gasteiger partial charge < -0.3 is 19.5 Å². The number of carbonyl (C=O) groups is 1. The van der Waals surface area contributed by atoms with Crippen LogP contribution in [0.5, 0.6) is 11.5 Å². The Balaban J connectivity index is 1.69. The summed E-state index contributed by atoms with van der Waals surface area (Å²) >= 11 is 1.48. The van der Waals surface area contributed by atoms with Crippen molar-refractivity contribution in [2.45, 2.75) is 4.90 Å². The number of thioether (sulfide) groups is 1. The average molecular weight is 340 g/mol. The van der Waals surface area contributed by atoms with Gasteiger partial charge in [-0.3, -0.25) is 9.69 Å². The SMILES string of the molecule is COc1ccc(SCC(=O)NCCN2CCOCC2)cc1OC. The first-order valence-corrected chi connectivity index (χ1v) is 8.63. The highest BCUT2D eigenvalue weighted by molar-refractivity contribution is 8.00. The van der Waals surface area contributed by atoms with E-state index in [9.17, 15) is 4.79 Å². The highest BCUT2D eigenvalue weighted by Gasteiger charge is 2.11. The topological polar surface area (TPSA) is 60.0 Å². The fraction of sp³-hybridized carbons (Fsp3) is 0.562. The number of morpholine rings is 1. The lowest BCUT2D eigenvalue weighted by Gasteiger charge is -2.26. The number of amides is 1. The fourth-order valence-electron chi connectivity index (χ4n) is 2.28. The molecule has 0 unspecified atom stereocenters. The maximum Gasteiger partial charge on any atom is 0.230 e. The van der Waals surface area contributed by atoms with Crippen LogP contribution in [0, 0.1) is 0 Å². The molecule has 23 heavy (non-hydrogen) atoms. The van der Waals surface area contributed by atoms with Gasteiger partial charge in [-0.25, -0.2) is 0 Å². The van der Waals surface area contributed by atoms with E-state index in [0.717, 1.165) is 37.7 Å². The van der Waals surface area contributed by atoms with Crippen molar-refractivity contribution in [3.05, 3.63) is 18.2 Å². The molecule has 0 spiro atoms. The minimum Gasteiger partial charge on any atom is -0.493 e. The molecule has 1 saturated heterocycles. The molecule has 1 fully saturated rings. The molecule has 128 valence electrons. The molecule has 1 aromatic carbocycles. The Hall–Kier alpha value is -1.44. The third kappa shape index (κ3) is 5.93. The number of carbonyl (C=O) groups excluding carboxylic acids is 1. The molecule has 0 aromatic heterocycles. The van der Waals surface area contributed by atoms with E-state index in [1.807, 2.05) is 18.2 Å². The van der Waals surface area contributed by atoms with E-state index in [2.05, 4.69) is 10.2 Å². The molecule has 1 aromatic rings. The summed E-state index contributed by atoms with van der Waals surface area (Å²) in [5.74, 6) is 1.79. The normalized spacial score (nSPS) is 15.2. The lowest BCUT2D eigenvalue weighted by molar-refractivity contribution is -0.118. The number of ether oxygens (including phenoxy) is 3. The number of methoxy groups -OCH3 is 2. The van der Waals surface area contributed by atoms with E-state index in [1.54, 1.807) is 14.2 Å². The molecule has 0 bridgehead atoms. The first-order valence-electron chi connectivity index (χ1n) is 7.64. The molecule has 2 rings (SSSR count). The minimum absolute atomic E-state index is 0.0399. The lowest BCUT2D eigenvalue weighted by atomic mass is 10.3. The third-order valence-electron chi connectivity index (χ3n) is 3.58. The molecule has 6 nitrogen and oxygen atoms in total. The van der Waals surface area contributed by atoms with E-state index in [-0.39, 0.29) is 5.91 Å². The second-order valence-electron chi connectivity index (χ2n) is 5.11. The van der Waals surface area contributed by atoms with Crippen LogP contribution in [0.4, 0.5) is 0 Å². The van der Waals surface area contributed by atoms with E-state index in [4.69, 9.17) is 14.2 Å². The third-order valence-corrected chi connectivity index (χ3v) is 4.57. The summed E-state index contributed by atoms with van der Waals surface area (Å²) in [7, 11) is 3.21. The highest BCUT2D eigenvalue weighted by Crippen LogP contribution is 2.31. The van der Waals surface area contributed by atoms with E-state index in [1.165, 1.54) is 11.8 Å². The van der Waals surface area contributed by atoms with Crippen molar-refractivity contribution >= 4 is 17.7 Å². The first kappa shape index (κ1) is 17.9. The van der Waals surface area contributed by atoms with Crippen molar-refractivity contribution in [3.63, 3.8) is 0 Å². The second kappa shape index (κ2) is 9.64. The van der Waals surface area contributed by atoms with Crippen LogP contribution < -0.4 is 14.8 Å². The smallest absolute Gasteiger partial charge is 0.230 e. The van der Waals surface area contributed by atoms with Gasteiger partial charge in [0.15, 0.2) is 11.5 Å². The van der Waals surface area contributed by atoms with Gasteiger partial charge in [0, 0.05) is 31.1 Å². The zero-order chi connectivity index (χ0) is 16.5. The summed E-state index contributed by atoms with van der Waals surface area (Å²) in [6, 6.07) is 5.65. The monoisotopic (exact) mass is 340 g/mol. The largest absolute Gasteiger partial charge is 0.493 e. The van der Waals surface area contributed by atoms with Crippen LogP contribution >= 0.6 is 11.8 Å². The van der Waals surface area contributed by atoms with Crippen LogP contribution in [0.15, 0.2) is 23.1 Å². The van der Waals surface area contributed by atoms with Gasteiger partial charge in [-0.2, -0.15) is 0 Å². The van der Waals surface area contributed by atoms with Crippen LogP contribution in [0.25, 0.3) is 0 Å². The summed E-state index contributed by atoms with van der Waals surface area (Å²) in [4.78, 5) is 15.2. The van der Waals surface area contributed by atoms with Gasteiger partial charge in [0.2, 0.25) is 5.91 Å². The van der Waals surface area contributed by atoms with Crippen molar-refractivity contribution in [1.82, 2.24) is 10.2 Å². The number of rotatable bonds is 8. The number of hydrogen-bond donors (Lipinski definition) is 1. The Labute approximate surface area is 141 Å². The van der Waals surface area contributed by atoms with Gasteiger partial charge in [-0.15, -0.1) is 11.8 Å². The molecule has 1 N–H and O–H groups in total. The van der Waals surface area contributed by atoms with Gasteiger partial charge in [-0.1, -0.05) is 0 Å². The number of nitrogens with one attached hydrogen (secondary N) is 1. The molecular weight excluding hydrogens is 316 g/mol. The van der Waals surface area contributed by atoms with Crippen LogP contribution in [0.1, 0.15) is 0 Å². The lowest BCUT2D eigenvalue weighted by Crippen LogP contribution is -2.41. The molecule has 0 aliphatic carbocycles. The summed E-state index contributed by atoms with van der Waals surface area (Å²) in [5.41, 5.74) is 0.